The molecule has 1 unspecified atom stereocenters. The molecule has 1 aliphatic rings. The van der Waals surface area contributed by atoms with Gasteiger partial charge < -0.3 is 4.90 Å². The lowest BCUT2D eigenvalue weighted by atomic mass is 9.96. The topological polar surface area (TPSA) is 20.3 Å². The zero-order valence-corrected chi connectivity index (χ0v) is 13.2. The number of fused-ring (bicyclic) bond motifs is 1. The van der Waals surface area contributed by atoms with Gasteiger partial charge in [-0.1, -0.05) is 35.9 Å². The molecule has 2 nitrogen and oxygen atoms in total. The lowest BCUT2D eigenvalue weighted by Crippen LogP contribution is -2.20. The van der Waals surface area contributed by atoms with Crippen molar-refractivity contribution in [3.8, 4) is 0 Å². The van der Waals surface area contributed by atoms with E-state index in [-0.39, 0.29) is 11.3 Å². The van der Waals surface area contributed by atoms with Crippen LogP contribution in [-0.4, -0.2) is 13.0 Å². The third kappa shape index (κ3) is 2.44. The maximum absolute atomic E-state index is 11.8. The van der Waals surface area contributed by atoms with Crippen LogP contribution in [0.4, 0.5) is 5.69 Å². The fraction of sp³-hybridized carbons (Fsp3) is 0.278. The molecule has 1 heterocycles. The van der Waals surface area contributed by atoms with Crippen LogP contribution in [0.3, 0.4) is 0 Å². The van der Waals surface area contributed by atoms with Crippen LogP contribution in [0.25, 0.3) is 0 Å². The van der Waals surface area contributed by atoms with Gasteiger partial charge in [0, 0.05) is 12.7 Å². The number of benzene rings is 2. The number of hydrogen-bond donors (Lipinski definition) is 0. The molecule has 3 heteroatoms. The van der Waals surface area contributed by atoms with E-state index < -0.39 is 0 Å². The smallest absolute Gasteiger partial charge is 0.231 e. The minimum atomic E-state index is -0.184. The molecular formula is C18H18ClNO. The molecular weight excluding hydrogens is 282 g/mol. The summed E-state index contributed by atoms with van der Waals surface area (Å²) in [5.41, 5.74) is 6.64. The lowest BCUT2D eigenvalue weighted by molar-refractivity contribution is -0.117. The number of halogens is 1. The van der Waals surface area contributed by atoms with Gasteiger partial charge in [0.05, 0.1) is 11.8 Å². The molecule has 1 aliphatic heterocycles. The van der Waals surface area contributed by atoms with Crippen molar-refractivity contribution >= 4 is 23.2 Å². The average molecular weight is 300 g/mol. The Kier molecular flexibility index (Phi) is 3.50. The Hall–Kier alpha value is -1.80. The van der Waals surface area contributed by atoms with Gasteiger partial charge in [0.15, 0.2) is 0 Å². The Balaban J connectivity index is 2.00. The summed E-state index contributed by atoms with van der Waals surface area (Å²) in [5, 5.41) is -0.184. The maximum Gasteiger partial charge on any atom is 0.231 e. The SMILES string of the molecule is Cc1ccc(C)c(C(Cl)c2ccc3c(c2)CC(=O)N3C)c1. The van der Waals surface area contributed by atoms with Gasteiger partial charge in [0.25, 0.3) is 0 Å². The first-order valence-corrected chi connectivity index (χ1v) is 7.51. The highest BCUT2D eigenvalue weighted by Crippen LogP contribution is 2.36. The van der Waals surface area contributed by atoms with Gasteiger partial charge in [-0.25, -0.2) is 0 Å². The largest absolute Gasteiger partial charge is 0.315 e. The standard InChI is InChI=1S/C18H18ClNO/c1-11-4-5-12(2)15(8-11)18(19)13-6-7-16-14(9-13)10-17(21)20(16)3/h4-9,18H,10H2,1-3H3. The molecule has 0 saturated heterocycles. The van der Waals surface area contributed by atoms with Crippen molar-refractivity contribution < 1.29 is 4.79 Å². The van der Waals surface area contributed by atoms with E-state index in [0.717, 1.165) is 22.4 Å². The molecule has 0 saturated carbocycles. The van der Waals surface area contributed by atoms with E-state index in [1.807, 2.05) is 19.2 Å². The lowest BCUT2D eigenvalue weighted by Gasteiger charge is -2.16. The summed E-state index contributed by atoms with van der Waals surface area (Å²) in [6, 6.07) is 12.4. The van der Waals surface area contributed by atoms with Crippen LogP contribution in [0.15, 0.2) is 36.4 Å². The molecule has 0 radical (unpaired) electrons. The third-order valence-electron chi connectivity index (χ3n) is 4.18. The van der Waals surface area contributed by atoms with E-state index in [1.165, 1.54) is 11.1 Å². The molecule has 3 rings (SSSR count). The van der Waals surface area contributed by atoms with Crippen molar-refractivity contribution in [2.75, 3.05) is 11.9 Å². The van der Waals surface area contributed by atoms with Crippen molar-refractivity contribution in [1.29, 1.82) is 0 Å². The summed E-state index contributed by atoms with van der Waals surface area (Å²) < 4.78 is 0. The highest BCUT2D eigenvalue weighted by molar-refractivity contribution is 6.22. The third-order valence-corrected chi connectivity index (χ3v) is 4.67. The van der Waals surface area contributed by atoms with E-state index in [9.17, 15) is 4.79 Å². The fourth-order valence-electron chi connectivity index (χ4n) is 2.86. The van der Waals surface area contributed by atoms with Crippen LogP contribution in [0, 0.1) is 13.8 Å². The van der Waals surface area contributed by atoms with Gasteiger partial charge >= 0.3 is 0 Å². The van der Waals surface area contributed by atoms with Crippen molar-refractivity contribution in [1.82, 2.24) is 0 Å². The number of alkyl halides is 1. The van der Waals surface area contributed by atoms with Crippen LogP contribution in [0.1, 0.15) is 33.2 Å². The summed E-state index contributed by atoms with van der Waals surface area (Å²) in [7, 11) is 1.82. The second-order valence-corrected chi connectivity index (χ2v) is 6.18. The zero-order chi connectivity index (χ0) is 15.1. The molecule has 1 amide bonds. The summed E-state index contributed by atoms with van der Waals surface area (Å²) >= 11 is 6.68. The van der Waals surface area contributed by atoms with Gasteiger partial charge in [-0.3, -0.25) is 4.79 Å². The number of likely N-dealkylation sites (N-methyl/N-ethyl adjacent to an activating group) is 1. The number of amides is 1. The first-order valence-electron chi connectivity index (χ1n) is 7.08. The Morgan fingerprint density at radius 2 is 1.90 bits per heavy atom. The number of rotatable bonds is 2. The van der Waals surface area contributed by atoms with E-state index >= 15 is 0 Å². The van der Waals surface area contributed by atoms with Crippen molar-refractivity contribution in [3.05, 3.63) is 64.2 Å². The molecule has 1 atom stereocenters. The van der Waals surface area contributed by atoms with E-state index in [1.54, 1.807) is 4.90 Å². The van der Waals surface area contributed by atoms with E-state index in [4.69, 9.17) is 11.6 Å². The average Bonchev–Trinajstić information content (AvgIpc) is 2.75. The van der Waals surface area contributed by atoms with Gasteiger partial charge in [-0.15, -0.1) is 11.6 Å². The monoisotopic (exact) mass is 299 g/mol. The minimum Gasteiger partial charge on any atom is -0.315 e. The molecule has 2 aromatic carbocycles. The van der Waals surface area contributed by atoms with Crippen LogP contribution >= 0.6 is 11.6 Å². The van der Waals surface area contributed by atoms with Gasteiger partial charge in [0.2, 0.25) is 5.91 Å². The molecule has 0 fully saturated rings. The zero-order valence-electron chi connectivity index (χ0n) is 12.5. The second-order valence-electron chi connectivity index (χ2n) is 5.74. The van der Waals surface area contributed by atoms with Gasteiger partial charge in [-0.2, -0.15) is 0 Å². The van der Waals surface area contributed by atoms with E-state index in [2.05, 4.69) is 38.1 Å². The normalized spacial score (nSPS) is 15.2. The van der Waals surface area contributed by atoms with E-state index in [0.29, 0.717) is 6.42 Å². The molecule has 21 heavy (non-hydrogen) atoms. The molecule has 0 bridgehead atoms. The maximum atomic E-state index is 11.8. The first-order chi connectivity index (χ1) is 9.97. The number of carbonyl (C=O) groups excluding carboxylic acids is 1. The highest BCUT2D eigenvalue weighted by Gasteiger charge is 2.25. The molecule has 108 valence electrons. The Morgan fingerprint density at radius 3 is 2.67 bits per heavy atom. The van der Waals surface area contributed by atoms with Gasteiger partial charge in [-0.05, 0) is 42.2 Å². The molecule has 0 aromatic heterocycles. The summed E-state index contributed by atoms with van der Waals surface area (Å²) in [6.45, 7) is 4.15. The Bertz CT molecular complexity index is 723. The number of nitrogens with zero attached hydrogens (tertiary/aromatic N) is 1. The Labute approximate surface area is 130 Å². The first kappa shape index (κ1) is 14.2. The minimum absolute atomic E-state index is 0.139. The fourth-order valence-corrected chi connectivity index (χ4v) is 3.23. The van der Waals surface area contributed by atoms with Crippen LogP contribution in [0.5, 0.6) is 0 Å². The number of aryl methyl sites for hydroxylation is 2. The van der Waals surface area contributed by atoms with Crippen LogP contribution < -0.4 is 4.90 Å². The molecule has 0 spiro atoms. The summed E-state index contributed by atoms with van der Waals surface area (Å²) in [4.78, 5) is 13.5. The number of hydrogen-bond acceptors (Lipinski definition) is 1. The number of carbonyl (C=O) groups is 1. The predicted octanol–water partition coefficient (Wildman–Crippen LogP) is 4.15. The number of anilines is 1. The van der Waals surface area contributed by atoms with Crippen LogP contribution in [0.2, 0.25) is 0 Å². The Morgan fingerprint density at radius 1 is 1.14 bits per heavy atom. The van der Waals surface area contributed by atoms with Crippen molar-refractivity contribution in [2.24, 2.45) is 0 Å². The molecule has 2 aromatic rings. The second kappa shape index (κ2) is 5.19. The summed E-state index contributed by atoms with van der Waals surface area (Å²) in [5.74, 6) is 0.139. The van der Waals surface area contributed by atoms with Gasteiger partial charge in [0.1, 0.15) is 0 Å². The van der Waals surface area contributed by atoms with Crippen molar-refractivity contribution in [2.45, 2.75) is 25.6 Å². The van der Waals surface area contributed by atoms with Crippen LogP contribution in [-0.2, 0) is 11.2 Å². The summed E-state index contributed by atoms with van der Waals surface area (Å²) in [6.07, 6.45) is 0.468. The highest BCUT2D eigenvalue weighted by atomic mass is 35.5. The quantitative estimate of drug-likeness (QED) is 0.763. The molecule has 0 aliphatic carbocycles. The molecule has 0 N–H and O–H groups in total. The predicted molar refractivity (Wildman–Crippen MR) is 87.2 cm³/mol. The van der Waals surface area contributed by atoms with Crippen molar-refractivity contribution in [3.63, 3.8) is 0 Å².